The van der Waals surface area contributed by atoms with E-state index in [1.165, 1.54) is 7.11 Å². The topological polar surface area (TPSA) is 97.0 Å². The maximum Gasteiger partial charge on any atom is 0.338 e. The molecule has 3 rings (SSSR count). The lowest BCUT2D eigenvalue weighted by Crippen LogP contribution is -2.48. The zero-order valence-corrected chi connectivity index (χ0v) is 21.0. The van der Waals surface area contributed by atoms with E-state index in [2.05, 4.69) is 26.6 Å². The monoisotopic (exact) mass is 529 g/mol. The number of methoxy groups -OCH3 is 1. The van der Waals surface area contributed by atoms with Crippen molar-refractivity contribution in [2.75, 3.05) is 32.2 Å². The molecule has 0 spiro atoms. The highest BCUT2D eigenvalue weighted by molar-refractivity contribution is 9.10. The van der Waals surface area contributed by atoms with Gasteiger partial charge in [-0.2, -0.15) is 0 Å². The lowest BCUT2D eigenvalue weighted by molar-refractivity contribution is -0.140. The van der Waals surface area contributed by atoms with E-state index in [9.17, 15) is 14.4 Å². The maximum absolute atomic E-state index is 12.9. The highest BCUT2D eigenvalue weighted by atomic mass is 79.9. The zero-order chi connectivity index (χ0) is 24.7. The second kappa shape index (κ2) is 11.8. The first-order valence-corrected chi connectivity index (χ1v) is 11.8. The summed E-state index contributed by atoms with van der Waals surface area (Å²) >= 11 is 3.36. The molecule has 180 valence electrons. The second-order valence-electron chi connectivity index (χ2n) is 7.75. The van der Waals surface area contributed by atoms with Crippen LogP contribution >= 0.6 is 15.9 Å². The number of esters is 1. The van der Waals surface area contributed by atoms with Crippen LogP contribution in [-0.2, 0) is 14.3 Å². The van der Waals surface area contributed by atoms with Gasteiger partial charge in [0.2, 0.25) is 0 Å². The second-order valence-corrected chi connectivity index (χ2v) is 8.66. The molecular formula is C25H28BrN3O5. The summed E-state index contributed by atoms with van der Waals surface area (Å²) in [7, 11) is 1.53. The molecule has 9 heteroatoms. The van der Waals surface area contributed by atoms with Gasteiger partial charge in [-0.05, 0) is 49.2 Å². The van der Waals surface area contributed by atoms with Gasteiger partial charge in [0.25, 0.3) is 5.91 Å². The summed E-state index contributed by atoms with van der Waals surface area (Å²) in [5, 5.41) is 5.77. The average Bonchev–Trinajstić information content (AvgIpc) is 2.82. The van der Waals surface area contributed by atoms with Crippen molar-refractivity contribution in [2.45, 2.75) is 26.3 Å². The first-order valence-electron chi connectivity index (χ1n) is 11.0. The van der Waals surface area contributed by atoms with Gasteiger partial charge >= 0.3 is 12.0 Å². The van der Waals surface area contributed by atoms with E-state index in [4.69, 9.17) is 9.47 Å². The number of halogens is 1. The Bertz CT molecular complexity index is 1080. The molecule has 0 saturated heterocycles. The number of carbonyl (C=O) groups excluding carboxylic acids is 3. The van der Waals surface area contributed by atoms with Gasteiger partial charge in [-0.15, -0.1) is 0 Å². The van der Waals surface area contributed by atoms with Crippen molar-refractivity contribution >= 4 is 39.5 Å². The number of allylic oxidation sites excluding steroid dienone is 1. The smallest absolute Gasteiger partial charge is 0.338 e. The Balaban J connectivity index is 1.84. The van der Waals surface area contributed by atoms with E-state index in [1.807, 2.05) is 13.0 Å². The van der Waals surface area contributed by atoms with Crippen molar-refractivity contribution in [3.63, 3.8) is 0 Å². The number of rotatable bonds is 9. The highest BCUT2D eigenvalue weighted by Gasteiger charge is 2.36. The van der Waals surface area contributed by atoms with Crippen LogP contribution in [0, 0.1) is 0 Å². The van der Waals surface area contributed by atoms with Crippen LogP contribution in [0.15, 0.2) is 64.3 Å². The zero-order valence-electron chi connectivity index (χ0n) is 19.4. The number of benzene rings is 2. The third-order valence-corrected chi connectivity index (χ3v) is 5.87. The van der Waals surface area contributed by atoms with Crippen LogP contribution in [0.2, 0.25) is 0 Å². The first-order chi connectivity index (χ1) is 16.3. The fourth-order valence-corrected chi connectivity index (χ4v) is 4.08. The van der Waals surface area contributed by atoms with E-state index in [-0.39, 0.29) is 25.2 Å². The van der Waals surface area contributed by atoms with Crippen LogP contribution in [0.3, 0.4) is 0 Å². The molecule has 2 N–H and O–H groups in total. The van der Waals surface area contributed by atoms with Crippen molar-refractivity contribution in [1.82, 2.24) is 10.2 Å². The van der Waals surface area contributed by atoms with Gasteiger partial charge in [-0.3, -0.25) is 9.69 Å². The number of hydrogen-bond acceptors (Lipinski definition) is 5. The van der Waals surface area contributed by atoms with Crippen LogP contribution in [0.1, 0.15) is 42.2 Å². The fourth-order valence-electron chi connectivity index (χ4n) is 3.68. The Hall–Kier alpha value is -3.17. The number of ether oxygens (including phenoxy) is 2. The molecule has 2 aromatic rings. The lowest BCUT2D eigenvalue weighted by atomic mass is 9.94. The molecule has 1 aliphatic rings. The van der Waals surface area contributed by atoms with Crippen molar-refractivity contribution < 1.29 is 23.9 Å². The van der Waals surface area contributed by atoms with Crippen molar-refractivity contribution in [1.29, 1.82) is 0 Å². The van der Waals surface area contributed by atoms with Crippen molar-refractivity contribution in [3.05, 3.63) is 75.4 Å². The molecule has 0 aromatic heterocycles. The number of nitrogens with zero attached hydrogens (tertiary/aromatic N) is 1. The molecule has 2 aromatic carbocycles. The number of carbonyl (C=O) groups is 3. The molecule has 0 saturated carbocycles. The highest BCUT2D eigenvalue weighted by Crippen LogP contribution is 2.32. The SMILES string of the molecule is CCCN1C(=O)NC(c2ccc(NC(=O)c3cccc(Br)c3)cc2)C(C(=O)OCCOC)=C1C. The summed E-state index contributed by atoms with van der Waals surface area (Å²) in [6.07, 6.45) is 0.744. The molecule has 0 bridgehead atoms. The quantitative estimate of drug-likeness (QED) is 0.364. The molecule has 1 aliphatic heterocycles. The molecule has 34 heavy (non-hydrogen) atoms. The first kappa shape index (κ1) is 25.5. The lowest BCUT2D eigenvalue weighted by Gasteiger charge is -2.35. The summed E-state index contributed by atoms with van der Waals surface area (Å²) in [5.74, 6) is -0.749. The molecule has 1 heterocycles. The molecule has 1 unspecified atom stereocenters. The fraction of sp³-hybridized carbons (Fsp3) is 0.320. The Morgan fingerprint density at radius 1 is 1.15 bits per heavy atom. The number of anilines is 1. The predicted molar refractivity (Wildman–Crippen MR) is 132 cm³/mol. The normalized spacial score (nSPS) is 15.7. The van der Waals surface area contributed by atoms with E-state index in [1.54, 1.807) is 54.3 Å². The Kier molecular flexibility index (Phi) is 8.84. The molecule has 0 fully saturated rings. The van der Waals surface area contributed by atoms with Gasteiger partial charge in [0.15, 0.2) is 0 Å². The van der Waals surface area contributed by atoms with Gasteiger partial charge in [-0.1, -0.05) is 41.1 Å². The largest absolute Gasteiger partial charge is 0.460 e. The van der Waals surface area contributed by atoms with Crippen LogP contribution in [0.25, 0.3) is 0 Å². The molecule has 8 nitrogen and oxygen atoms in total. The van der Waals surface area contributed by atoms with Gasteiger partial charge in [-0.25, -0.2) is 9.59 Å². The summed E-state index contributed by atoms with van der Waals surface area (Å²) in [4.78, 5) is 39.8. The average molecular weight is 530 g/mol. The molecule has 1 atom stereocenters. The molecule has 0 radical (unpaired) electrons. The minimum Gasteiger partial charge on any atom is -0.460 e. The Labute approximate surface area is 207 Å². The van der Waals surface area contributed by atoms with Crippen LogP contribution in [0.4, 0.5) is 10.5 Å². The third kappa shape index (κ3) is 6.03. The predicted octanol–water partition coefficient (Wildman–Crippen LogP) is 4.64. The van der Waals surface area contributed by atoms with Crippen LogP contribution in [0.5, 0.6) is 0 Å². The van der Waals surface area contributed by atoms with E-state index < -0.39 is 12.0 Å². The minimum absolute atomic E-state index is 0.112. The maximum atomic E-state index is 12.9. The third-order valence-electron chi connectivity index (χ3n) is 5.37. The van der Waals surface area contributed by atoms with Crippen LogP contribution < -0.4 is 10.6 Å². The van der Waals surface area contributed by atoms with Gasteiger partial charge in [0, 0.05) is 35.1 Å². The van der Waals surface area contributed by atoms with E-state index >= 15 is 0 Å². The number of amides is 3. The number of hydrogen-bond donors (Lipinski definition) is 2. The molecular weight excluding hydrogens is 502 g/mol. The van der Waals surface area contributed by atoms with Gasteiger partial charge in [0.1, 0.15) is 6.61 Å². The van der Waals surface area contributed by atoms with E-state index in [0.717, 1.165) is 10.9 Å². The summed E-state index contributed by atoms with van der Waals surface area (Å²) < 4.78 is 11.2. The Morgan fingerprint density at radius 2 is 1.88 bits per heavy atom. The van der Waals surface area contributed by atoms with Gasteiger partial charge < -0.3 is 20.1 Å². The van der Waals surface area contributed by atoms with Crippen molar-refractivity contribution in [2.24, 2.45) is 0 Å². The minimum atomic E-state index is -0.675. The van der Waals surface area contributed by atoms with Crippen LogP contribution in [-0.4, -0.2) is 49.7 Å². The standard InChI is InChI=1S/C25H28BrN3O5/c1-4-12-29-16(2)21(24(31)34-14-13-33-3)22(28-25(29)32)17-8-10-20(11-9-17)27-23(30)18-6-5-7-19(26)15-18/h5-11,15,22H,4,12-14H2,1-3H3,(H,27,30)(H,28,32). The van der Waals surface area contributed by atoms with Crippen molar-refractivity contribution in [3.8, 4) is 0 Å². The summed E-state index contributed by atoms with van der Waals surface area (Å²) in [5.41, 5.74) is 2.74. The van der Waals surface area contributed by atoms with Gasteiger partial charge in [0.05, 0.1) is 18.2 Å². The summed E-state index contributed by atoms with van der Waals surface area (Å²) in [6, 6.07) is 13.2. The number of nitrogens with one attached hydrogen (secondary N) is 2. The van der Waals surface area contributed by atoms with E-state index in [0.29, 0.717) is 34.6 Å². The summed E-state index contributed by atoms with van der Waals surface area (Å²) in [6.45, 7) is 4.59. The number of urea groups is 1. The Morgan fingerprint density at radius 3 is 2.53 bits per heavy atom. The molecule has 3 amide bonds. The molecule has 0 aliphatic carbocycles.